The monoisotopic (exact) mass is 339 g/mol. The number of benzene rings is 1. The molecular weight excluding hydrogens is 322 g/mol. The molecule has 0 aliphatic rings. The van der Waals surface area contributed by atoms with E-state index in [4.69, 9.17) is 4.74 Å². The van der Waals surface area contributed by atoms with Gasteiger partial charge in [0.05, 0.1) is 7.11 Å². The first-order chi connectivity index (χ1) is 9.26. The molecule has 1 aromatic carbocycles. The van der Waals surface area contributed by atoms with Crippen LogP contribution in [0.2, 0.25) is 0 Å². The van der Waals surface area contributed by atoms with Crippen LogP contribution >= 0.6 is 27.3 Å². The Morgan fingerprint density at radius 2 is 2.16 bits per heavy atom. The van der Waals surface area contributed by atoms with E-state index in [1.165, 1.54) is 16.0 Å². The lowest BCUT2D eigenvalue weighted by Gasteiger charge is -2.11. The van der Waals surface area contributed by atoms with Crippen LogP contribution in [0.5, 0.6) is 5.75 Å². The maximum Gasteiger partial charge on any atom is 0.123 e. The molecule has 0 radical (unpaired) electrons. The van der Waals surface area contributed by atoms with Crippen molar-refractivity contribution in [2.24, 2.45) is 0 Å². The minimum atomic E-state index is 0.841. The van der Waals surface area contributed by atoms with E-state index < -0.39 is 0 Å². The molecule has 0 saturated carbocycles. The average Bonchev–Trinajstić information content (AvgIpc) is 2.85. The molecule has 0 unspecified atom stereocenters. The van der Waals surface area contributed by atoms with Crippen molar-refractivity contribution in [1.82, 2.24) is 5.32 Å². The Labute approximate surface area is 126 Å². The van der Waals surface area contributed by atoms with Crippen LogP contribution in [0.4, 0.5) is 0 Å². The summed E-state index contributed by atoms with van der Waals surface area (Å²) >= 11 is 5.34. The Bertz CT molecular complexity index is 539. The molecule has 0 fully saturated rings. The summed E-state index contributed by atoms with van der Waals surface area (Å²) in [5.74, 6) is 0.944. The number of halogens is 1. The minimum Gasteiger partial charge on any atom is -0.496 e. The third-order valence-electron chi connectivity index (χ3n) is 2.90. The molecule has 1 heterocycles. The Hall–Kier alpha value is -0.840. The molecule has 2 nitrogen and oxygen atoms in total. The van der Waals surface area contributed by atoms with Crippen LogP contribution in [0.25, 0.3) is 10.4 Å². The summed E-state index contributed by atoms with van der Waals surface area (Å²) in [5, 5.41) is 5.52. The van der Waals surface area contributed by atoms with Gasteiger partial charge >= 0.3 is 0 Å². The number of ether oxygens (including phenoxy) is 1. The molecule has 0 spiro atoms. The van der Waals surface area contributed by atoms with Crippen molar-refractivity contribution in [3.05, 3.63) is 39.7 Å². The molecule has 0 saturated heterocycles. The van der Waals surface area contributed by atoms with Crippen LogP contribution < -0.4 is 10.1 Å². The number of nitrogens with one attached hydrogen (secondary N) is 1. The Kier molecular flexibility index (Phi) is 5.43. The molecule has 0 atom stereocenters. The van der Waals surface area contributed by atoms with E-state index in [1.807, 2.05) is 6.07 Å². The first kappa shape index (κ1) is 14.6. The van der Waals surface area contributed by atoms with Gasteiger partial charge in [-0.25, -0.2) is 0 Å². The molecule has 0 bridgehead atoms. The largest absolute Gasteiger partial charge is 0.496 e. The number of rotatable bonds is 6. The summed E-state index contributed by atoms with van der Waals surface area (Å²) < 4.78 is 6.58. The molecule has 102 valence electrons. The van der Waals surface area contributed by atoms with Gasteiger partial charge in [0.25, 0.3) is 0 Å². The van der Waals surface area contributed by atoms with Gasteiger partial charge in [0.2, 0.25) is 0 Å². The highest BCUT2D eigenvalue weighted by molar-refractivity contribution is 9.10. The molecule has 2 rings (SSSR count). The van der Waals surface area contributed by atoms with Crippen molar-refractivity contribution in [1.29, 1.82) is 0 Å². The van der Waals surface area contributed by atoms with Gasteiger partial charge in [0, 0.05) is 21.5 Å². The highest BCUT2D eigenvalue weighted by atomic mass is 79.9. The summed E-state index contributed by atoms with van der Waals surface area (Å²) in [7, 11) is 1.72. The van der Waals surface area contributed by atoms with Gasteiger partial charge in [-0.05, 0) is 64.1 Å². The van der Waals surface area contributed by atoms with Crippen molar-refractivity contribution < 1.29 is 4.74 Å². The van der Waals surface area contributed by atoms with Gasteiger partial charge in [-0.15, -0.1) is 11.3 Å². The highest BCUT2D eigenvalue weighted by Crippen LogP contribution is 2.35. The van der Waals surface area contributed by atoms with E-state index in [1.54, 1.807) is 18.4 Å². The van der Waals surface area contributed by atoms with Crippen molar-refractivity contribution in [2.45, 2.75) is 19.9 Å². The standard InChI is InChI=1S/C15H18BrNOS/c1-3-7-17-10-12-9-11(4-5-14(12)18-2)15-13(16)6-8-19-15/h4-6,8-9,17H,3,7,10H2,1-2H3. The molecule has 1 N–H and O–H groups in total. The molecule has 0 aliphatic carbocycles. The Morgan fingerprint density at radius 1 is 1.32 bits per heavy atom. The zero-order valence-corrected chi connectivity index (χ0v) is 13.6. The van der Waals surface area contributed by atoms with E-state index in [0.29, 0.717) is 0 Å². The van der Waals surface area contributed by atoms with Crippen LogP contribution in [0.15, 0.2) is 34.1 Å². The van der Waals surface area contributed by atoms with Crippen molar-refractivity contribution in [2.75, 3.05) is 13.7 Å². The van der Waals surface area contributed by atoms with E-state index in [9.17, 15) is 0 Å². The maximum absolute atomic E-state index is 5.43. The second-order valence-electron chi connectivity index (χ2n) is 4.30. The van der Waals surface area contributed by atoms with Crippen LogP contribution in [0, 0.1) is 0 Å². The van der Waals surface area contributed by atoms with Crippen LogP contribution in [0.3, 0.4) is 0 Å². The van der Waals surface area contributed by atoms with Gasteiger partial charge in [-0.1, -0.05) is 6.92 Å². The van der Waals surface area contributed by atoms with Gasteiger partial charge < -0.3 is 10.1 Å². The smallest absolute Gasteiger partial charge is 0.123 e. The normalized spacial score (nSPS) is 10.7. The lowest BCUT2D eigenvalue weighted by Crippen LogP contribution is -2.14. The summed E-state index contributed by atoms with van der Waals surface area (Å²) in [4.78, 5) is 1.26. The molecule has 1 aromatic heterocycles. The van der Waals surface area contributed by atoms with Crippen LogP contribution in [0.1, 0.15) is 18.9 Å². The van der Waals surface area contributed by atoms with E-state index >= 15 is 0 Å². The van der Waals surface area contributed by atoms with Gasteiger partial charge in [-0.2, -0.15) is 0 Å². The zero-order valence-electron chi connectivity index (χ0n) is 11.2. The third-order valence-corrected chi connectivity index (χ3v) is 4.79. The number of hydrogen-bond donors (Lipinski definition) is 1. The van der Waals surface area contributed by atoms with E-state index in [2.05, 4.69) is 51.7 Å². The van der Waals surface area contributed by atoms with E-state index in [-0.39, 0.29) is 0 Å². The lowest BCUT2D eigenvalue weighted by atomic mass is 10.1. The third kappa shape index (κ3) is 3.59. The number of methoxy groups -OCH3 is 1. The first-order valence-corrected chi connectivity index (χ1v) is 8.04. The second-order valence-corrected chi connectivity index (χ2v) is 6.07. The van der Waals surface area contributed by atoms with Gasteiger partial charge in [0.1, 0.15) is 5.75 Å². The predicted octanol–water partition coefficient (Wildman–Crippen LogP) is 4.69. The maximum atomic E-state index is 5.43. The van der Waals surface area contributed by atoms with Gasteiger partial charge in [-0.3, -0.25) is 0 Å². The second kappa shape index (κ2) is 7.08. The predicted molar refractivity (Wildman–Crippen MR) is 86.0 cm³/mol. The quantitative estimate of drug-likeness (QED) is 0.771. The summed E-state index contributed by atoms with van der Waals surface area (Å²) in [6.07, 6.45) is 1.14. The van der Waals surface area contributed by atoms with Crippen LogP contribution in [-0.4, -0.2) is 13.7 Å². The number of thiophene rings is 1. The van der Waals surface area contributed by atoms with Crippen LogP contribution in [-0.2, 0) is 6.54 Å². The van der Waals surface area contributed by atoms with Crippen molar-refractivity contribution in [3.63, 3.8) is 0 Å². The van der Waals surface area contributed by atoms with E-state index in [0.717, 1.165) is 29.7 Å². The molecular formula is C15H18BrNOS. The summed E-state index contributed by atoms with van der Waals surface area (Å²) in [5.41, 5.74) is 2.43. The molecule has 19 heavy (non-hydrogen) atoms. The fourth-order valence-corrected chi connectivity index (χ4v) is 3.56. The zero-order chi connectivity index (χ0) is 13.7. The minimum absolute atomic E-state index is 0.841. The van der Waals surface area contributed by atoms with Crippen molar-refractivity contribution in [3.8, 4) is 16.2 Å². The lowest BCUT2D eigenvalue weighted by molar-refractivity contribution is 0.408. The highest BCUT2D eigenvalue weighted by Gasteiger charge is 2.09. The Morgan fingerprint density at radius 3 is 2.79 bits per heavy atom. The van der Waals surface area contributed by atoms with Gasteiger partial charge in [0.15, 0.2) is 0 Å². The van der Waals surface area contributed by atoms with Crippen molar-refractivity contribution >= 4 is 27.3 Å². The summed E-state index contributed by atoms with van der Waals surface area (Å²) in [6.45, 7) is 4.04. The fourth-order valence-electron chi connectivity index (χ4n) is 1.96. The first-order valence-electron chi connectivity index (χ1n) is 6.37. The summed E-state index contributed by atoms with van der Waals surface area (Å²) in [6, 6.07) is 8.44. The topological polar surface area (TPSA) is 21.3 Å². The molecule has 0 aliphatic heterocycles. The average molecular weight is 340 g/mol. The molecule has 2 aromatic rings. The number of hydrogen-bond acceptors (Lipinski definition) is 3. The molecule has 0 amide bonds. The Balaban J connectivity index is 2.27. The molecule has 4 heteroatoms. The fraction of sp³-hybridized carbons (Fsp3) is 0.333. The SMILES string of the molecule is CCCNCc1cc(-c2sccc2Br)ccc1OC.